The van der Waals surface area contributed by atoms with Gasteiger partial charge in [0, 0.05) is 49.9 Å². The number of para-hydroxylation sites is 2. The summed E-state index contributed by atoms with van der Waals surface area (Å²) in [5.41, 5.74) is 11.6. The zero-order valence-corrected chi connectivity index (χ0v) is 32.3. The number of rotatable bonds is 7. The molecule has 0 fully saturated rings. The van der Waals surface area contributed by atoms with Crippen LogP contribution < -0.4 is 4.90 Å². The van der Waals surface area contributed by atoms with Crippen molar-refractivity contribution in [3.8, 4) is 17.1 Å². The highest BCUT2D eigenvalue weighted by Crippen LogP contribution is 2.44. The average molecular weight is 746 g/mol. The first-order chi connectivity index (χ1) is 28.5. The smallest absolute Gasteiger partial charge is 0.227 e. The quantitative estimate of drug-likeness (QED) is 0.152. The second-order valence-corrected chi connectivity index (χ2v) is 15.6. The number of hydrogen-bond donors (Lipinski definition) is 0. The zero-order chi connectivity index (χ0) is 38.8. The molecular weight excluding hydrogens is 707 g/mol. The van der Waals surface area contributed by atoms with E-state index in [0.717, 1.165) is 61.0 Å². The number of fused-ring (bicyclic) bond motifs is 8. The molecule has 0 saturated heterocycles. The molecule has 0 atom stereocenters. The summed E-state index contributed by atoms with van der Waals surface area (Å²) in [7, 11) is 0. The topological polar surface area (TPSA) is 34.2 Å². The molecule has 0 spiro atoms. The molecule has 0 bridgehead atoms. The summed E-state index contributed by atoms with van der Waals surface area (Å²) in [5.74, 6) is 0.624. The van der Waals surface area contributed by atoms with E-state index < -0.39 is 0 Å². The van der Waals surface area contributed by atoms with Crippen LogP contribution in [0.5, 0.6) is 0 Å². The van der Waals surface area contributed by atoms with Gasteiger partial charge in [-0.25, -0.2) is 4.98 Å². The molecule has 0 aliphatic rings. The third-order valence-electron chi connectivity index (χ3n) is 11.9. The van der Waals surface area contributed by atoms with Gasteiger partial charge in [-0.05, 0) is 106 Å². The first-order valence-electron chi connectivity index (χ1n) is 19.9. The van der Waals surface area contributed by atoms with Gasteiger partial charge in [-0.1, -0.05) is 135 Å². The molecule has 0 radical (unpaired) electrons. The summed E-state index contributed by atoms with van der Waals surface area (Å²) in [6, 6.07) is 71.7. The van der Waals surface area contributed by atoms with Crippen LogP contribution in [0.3, 0.4) is 0 Å². The van der Waals surface area contributed by atoms with Gasteiger partial charge >= 0.3 is 0 Å². The lowest BCUT2D eigenvalue weighted by Crippen LogP contribution is -2.19. The van der Waals surface area contributed by atoms with E-state index in [-0.39, 0.29) is 5.41 Å². The van der Waals surface area contributed by atoms with Crippen molar-refractivity contribution >= 4 is 71.5 Å². The van der Waals surface area contributed by atoms with E-state index in [9.17, 15) is 0 Å². The van der Waals surface area contributed by atoms with Gasteiger partial charge in [0.15, 0.2) is 5.58 Å². The van der Waals surface area contributed by atoms with Gasteiger partial charge in [-0.15, -0.1) is 0 Å². The summed E-state index contributed by atoms with van der Waals surface area (Å²) in [4.78, 5) is 7.36. The third kappa shape index (κ3) is 5.48. The van der Waals surface area contributed by atoms with Gasteiger partial charge in [0.25, 0.3) is 0 Å². The Kier molecular flexibility index (Phi) is 7.80. The molecule has 2 heterocycles. The Labute approximate surface area is 336 Å². The molecule has 0 amide bonds. The monoisotopic (exact) mass is 745 g/mol. The van der Waals surface area contributed by atoms with Gasteiger partial charge < -0.3 is 13.9 Å². The normalized spacial score (nSPS) is 12.0. The second-order valence-electron chi connectivity index (χ2n) is 15.6. The molecule has 58 heavy (non-hydrogen) atoms. The SMILES string of the molecule is CC(C)(c1ccccc1)c1cccc(N(c2ccc3ccc4ccc5nc(-c6ccccc6)oc5c4c3c2)c2ccc3c(c2)c2ccccc2n3-c2ccccc2)c1. The van der Waals surface area contributed by atoms with Crippen LogP contribution in [-0.4, -0.2) is 9.55 Å². The number of anilines is 3. The van der Waals surface area contributed by atoms with Crippen molar-refractivity contribution < 1.29 is 4.42 Å². The van der Waals surface area contributed by atoms with Crippen LogP contribution in [0.1, 0.15) is 25.0 Å². The highest BCUT2D eigenvalue weighted by atomic mass is 16.3. The third-order valence-corrected chi connectivity index (χ3v) is 11.9. The van der Waals surface area contributed by atoms with Crippen molar-refractivity contribution in [2.45, 2.75) is 19.3 Å². The van der Waals surface area contributed by atoms with Crippen molar-refractivity contribution in [1.82, 2.24) is 9.55 Å². The van der Waals surface area contributed by atoms with E-state index in [2.05, 4.69) is 193 Å². The van der Waals surface area contributed by atoms with Crippen LogP contribution in [-0.2, 0) is 5.41 Å². The molecule has 4 nitrogen and oxygen atoms in total. The van der Waals surface area contributed by atoms with Crippen LogP contribution in [0.25, 0.3) is 71.6 Å². The Morgan fingerprint density at radius 2 is 1.09 bits per heavy atom. The van der Waals surface area contributed by atoms with E-state index in [1.165, 1.54) is 32.9 Å². The molecule has 0 aliphatic carbocycles. The molecule has 0 unspecified atom stereocenters. The van der Waals surface area contributed by atoms with Crippen molar-refractivity contribution in [2.75, 3.05) is 4.90 Å². The molecule has 0 saturated carbocycles. The predicted molar refractivity (Wildman–Crippen MR) is 242 cm³/mol. The van der Waals surface area contributed by atoms with Crippen LogP contribution in [0.2, 0.25) is 0 Å². The molecule has 11 aromatic rings. The Bertz CT molecular complexity index is 3310. The van der Waals surface area contributed by atoms with E-state index in [1.807, 2.05) is 30.3 Å². The lowest BCUT2D eigenvalue weighted by Gasteiger charge is -2.30. The van der Waals surface area contributed by atoms with Crippen molar-refractivity contribution in [2.24, 2.45) is 0 Å². The van der Waals surface area contributed by atoms with Gasteiger partial charge in [-0.2, -0.15) is 0 Å². The van der Waals surface area contributed by atoms with Crippen LogP contribution in [0.15, 0.2) is 205 Å². The minimum atomic E-state index is -0.218. The Morgan fingerprint density at radius 1 is 0.483 bits per heavy atom. The summed E-state index contributed by atoms with van der Waals surface area (Å²) in [6.45, 7) is 4.62. The largest absolute Gasteiger partial charge is 0.435 e. The maximum atomic E-state index is 6.64. The Balaban J connectivity index is 1.15. The number of aromatic nitrogens is 2. The number of oxazole rings is 1. The van der Waals surface area contributed by atoms with Crippen molar-refractivity contribution in [3.05, 3.63) is 211 Å². The first kappa shape index (κ1) is 33.9. The Morgan fingerprint density at radius 3 is 1.90 bits per heavy atom. The maximum Gasteiger partial charge on any atom is 0.227 e. The number of nitrogens with zero attached hydrogens (tertiary/aromatic N) is 3. The predicted octanol–water partition coefficient (Wildman–Crippen LogP) is 14.7. The average Bonchev–Trinajstić information content (AvgIpc) is 3.87. The zero-order valence-electron chi connectivity index (χ0n) is 32.3. The summed E-state index contributed by atoms with van der Waals surface area (Å²) >= 11 is 0. The lowest BCUT2D eigenvalue weighted by atomic mass is 9.78. The molecule has 276 valence electrons. The lowest BCUT2D eigenvalue weighted by molar-refractivity contribution is 0.623. The van der Waals surface area contributed by atoms with Crippen LogP contribution in [0, 0.1) is 0 Å². The fourth-order valence-electron chi connectivity index (χ4n) is 8.81. The standard InChI is InChI=1S/C54H39N3O/c1-54(2,39-17-8-4-9-18-39)40-19-14-22-42(33-40)56(44-30-32-50-47(35-44)45-23-12-13-24-49(45)57(50)41-20-10-5-11-21-41)43-29-27-36-25-26-37-28-31-48-52(51(37)46(36)34-43)58-53(55-48)38-15-6-3-7-16-38/h3-35H,1-2H3. The minimum Gasteiger partial charge on any atom is -0.435 e. The fourth-order valence-corrected chi connectivity index (χ4v) is 8.81. The number of hydrogen-bond acceptors (Lipinski definition) is 3. The molecule has 4 heteroatoms. The van der Waals surface area contributed by atoms with E-state index in [4.69, 9.17) is 9.40 Å². The molecule has 11 rings (SSSR count). The van der Waals surface area contributed by atoms with E-state index in [1.54, 1.807) is 0 Å². The summed E-state index contributed by atoms with van der Waals surface area (Å²) in [5, 5.41) is 6.85. The van der Waals surface area contributed by atoms with Gasteiger partial charge in [0.2, 0.25) is 5.89 Å². The highest BCUT2D eigenvalue weighted by molar-refractivity contribution is 6.19. The van der Waals surface area contributed by atoms with Gasteiger partial charge in [0.1, 0.15) is 5.52 Å². The molecule has 2 aromatic heterocycles. The molecular formula is C54H39N3O. The van der Waals surface area contributed by atoms with Gasteiger partial charge in [-0.3, -0.25) is 0 Å². The van der Waals surface area contributed by atoms with Crippen LogP contribution in [0.4, 0.5) is 17.1 Å². The summed E-state index contributed by atoms with van der Waals surface area (Å²) in [6.07, 6.45) is 0. The molecule has 9 aromatic carbocycles. The van der Waals surface area contributed by atoms with E-state index in [0.29, 0.717) is 5.89 Å². The molecule has 0 aliphatic heterocycles. The van der Waals surface area contributed by atoms with E-state index >= 15 is 0 Å². The minimum absolute atomic E-state index is 0.218. The highest BCUT2D eigenvalue weighted by Gasteiger charge is 2.25. The molecule has 0 N–H and O–H groups in total. The van der Waals surface area contributed by atoms with Crippen molar-refractivity contribution in [1.29, 1.82) is 0 Å². The first-order valence-corrected chi connectivity index (χ1v) is 19.9. The fraction of sp³-hybridized carbons (Fsp3) is 0.0556. The van der Waals surface area contributed by atoms with Gasteiger partial charge in [0.05, 0.1) is 11.0 Å². The summed E-state index contributed by atoms with van der Waals surface area (Å²) < 4.78 is 9.01. The van der Waals surface area contributed by atoms with Crippen molar-refractivity contribution in [3.63, 3.8) is 0 Å². The number of benzene rings is 9. The van der Waals surface area contributed by atoms with Crippen LogP contribution >= 0.6 is 0 Å². The second kappa shape index (κ2) is 13.4. The Hall–Kier alpha value is -7.43. The maximum absolute atomic E-state index is 6.64.